The molecule has 0 spiro atoms. The van der Waals surface area contributed by atoms with Crippen LogP contribution in [0.15, 0.2) is 21.6 Å². The molecule has 0 aromatic carbocycles. The highest BCUT2D eigenvalue weighted by atomic mass is 32.2. The monoisotopic (exact) mass is 305 g/mol. The fraction of sp³-hybridized carbons (Fsp3) is 0.455. The largest absolute Gasteiger partial charge is 0.475 e. The van der Waals surface area contributed by atoms with Crippen molar-refractivity contribution in [1.82, 2.24) is 4.72 Å². The van der Waals surface area contributed by atoms with Crippen LogP contribution < -0.4 is 4.72 Å². The molecule has 112 valence electrons. The number of rotatable bonds is 6. The Labute approximate surface area is 115 Å². The van der Waals surface area contributed by atoms with E-state index in [9.17, 15) is 18.0 Å². The molecular formula is C11H15NO7S. The molecule has 0 saturated heterocycles. The van der Waals surface area contributed by atoms with Crippen LogP contribution in [-0.4, -0.2) is 38.6 Å². The predicted octanol–water partition coefficient (Wildman–Crippen LogP) is 0.454. The molecule has 1 rings (SSSR count). The van der Waals surface area contributed by atoms with E-state index in [1.54, 1.807) is 13.8 Å². The highest BCUT2D eigenvalue weighted by Gasteiger charge is 2.31. The van der Waals surface area contributed by atoms with Crippen molar-refractivity contribution in [2.45, 2.75) is 25.0 Å². The molecule has 0 fully saturated rings. The van der Waals surface area contributed by atoms with Crippen LogP contribution in [0.25, 0.3) is 0 Å². The number of carbonyl (C=O) groups is 2. The molecule has 2 N–H and O–H groups in total. The minimum atomic E-state index is -4.15. The van der Waals surface area contributed by atoms with Gasteiger partial charge in [-0.3, -0.25) is 4.79 Å². The van der Waals surface area contributed by atoms with Gasteiger partial charge in [-0.15, -0.1) is 0 Å². The van der Waals surface area contributed by atoms with Gasteiger partial charge in [-0.1, -0.05) is 13.8 Å². The Hall–Kier alpha value is -1.87. The number of carboxylic acid groups (broad SMARTS) is 1. The summed E-state index contributed by atoms with van der Waals surface area (Å²) in [5.41, 5.74) is 0. The second-order valence-corrected chi connectivity index (χ2v) is 5.93. The van der Waals surface area contributed by atoms with Crippen LogP contribution in [0.5, 0.6) is 0 Å². The van der Waals surface area contributed by atoms with Gasteiger partial charge in [-0.05, 0) is 18.1 Å². The SMILES string of the molecule is COC(=O)[C@@H](NS(=O)(=O)c1ccc(C(=O)O)o1)C(C)C. The third-order valence-electron chi connectivity index (χ3n) is 2.46. The molecule has 0 amide bonds. The van der Waals surface area contributed by atoms with Crippen LogP contribution in [-0.2, 0) is 19.6 Å². The van der Waals surface area contributed by atoms with Crippen molar-refractivity contribution in [2.24, 2.45) is 5.92 Å². The second kappa shape index (κ2) is 6.06. The number of hydrogen-bond acceptors (Lipinski definition) is 6. The molecule has 0 radical (unpaired) electrons. The van der Waals surface area contributed by atoms with Crippen molar-refractivity contribution in [3.63, 3.8) is 0 Å². The van der Waals surface area contributed by atoms with Gasteiger partial charge in [0.05, 0.1) is 7.11 Å². The number of hydrogen-bond donors (Lipinski definition) is 2. The van der Waals surface area contributed by atoms with Gasteiger partial charge >= 0.3 is 11.9 Å². The number of methoxy groups -OCH3 is 1. The van der Waals surface area contributed by atoms with Gasteiger partial charge < -0.3 is 14.3 Å². The van der Waals surface area contributed by atoms with Crippen molar-refractivity contribution in [1.29, 1.82) is 0 Å². The molecule has 0 aliphatic carbocycles. The molecule has 1 aromatic heterocycles. The lowest BCUT2D eigenvalue weighted by molar-refractivity contribution is -0.143. The fourth-order valence-electron chi connectivity index (χ4n) is 1.39. The zero-order chi connectivity index (χ0) is 15.5. The van der Waals surface area contributed by atoms with Crippen LogP contribution in [0.3, 0.4) is 0 Å². The number of carboxylic acids is 1. The molecule has 20 heavy (non-hydrogen) atoms. The number of carbonyl (C=O) groups excluding carboxylic acids is 1. The summed E-state index contributed by atoms with van der Waals surface area (Å²) in [7, 11) is -3.01. The summed E-state index contributed by atoms with van der Waals surface area (Å²) in [6.45, 7) is 3.27. The van der Waals surface area contributed by atoms with Gasteiger partial charge in [0.25, 0.3) is 10.0 Å². The van der Waals surface area contributed by atoms with Crippen LogP contribution in [0.4, 0.5) is 0 Å². The van der Waals surface area contributed by atoms with Gasteiger partial charge in [0, 0.05) is 0 Å². The summed E-state index contributed by atoms with van der Waals surface area (Å²) >= 11 is 0. The van der Waals surface area contributed by atoms with E-state index in [1.165, 1.54) is 0 Å². The lowest BCUT2D eigenvalue weighted by Gasteiger charge is -2.18. The Morgan fingerprint density at radius 3 is 2.35 bits per heavy atom. The summed E-state index contributed by atoms with van der Waals surface area (Å²) in [4.78, 5) is 22.1. The van der Waals surface area contributed by atoms with E-state index in [-0.39, 0.29) is 5.92 Å². The molecular weight excluding hydrogens is 290 g/mol. The molecule has 0 aliphatic heterocycles. The normalized spacial score (nSPS) is 13.2. The number of furan rings is 1. The standard InChI is InChI=1S/C11H15NO7S/c1-6(2)9(11(15)18-3)12-20(16,17)8-5-4-7(19-8)10(13)14/h4-6,9,12H,1-3H3,(H,13,14)/t9-/m0/s1. The third kappa shape index (κ3) is 3.58. The Balaban J connectivity index is 3.03. The second-order valence-electron chi connectivity index (χ2n) is 4.29. The van der Waals surface area contributed by atoms with E-state index in [0.29, 0.717) is 0 Å². The maximum absolute atomic E-state index is 12.0. The van der Waals surface area contributed by atoms with Crippen molar-refractivity contribution in [3.8, 4) is 0 Å². The van der Waals surface area contributed by atoms with Crippen molar-refractivity contribution in [3.05, 3.63) is 17.9 Å². The number of nitrogens with one attached hydrogen (secondary N) is 1. The number of sulfonamides is 1. The average molecular weight is 305 g/mol. The Kier molecular flexibility index (Phi) is 4.90. The average Bonchev–Trinajstić information content (AvgIpc) is 2.85. The van der Waals surface area contributed by atoms with Crippen LogP contribution in [0.1, 0.15) is 24.4 Å². The first-order valence-corrected chi connectivity index (χ1v) is 7.10. The number of aromatic carboxylic acids is 1. The van der Waals surface area contributed by atoms with Gasteiger partial charge in [-0.2, -0.15) is 4.72 Å². The van der Waals surface area contributed by atoms with Crippen LogP contribution >= 0.6 is 0 Å². The van der Waals surface area contributed by atoms with E-state index >= 15 is 0 Å². The van der Waals surface area contributed by atoms with E-state index in [0.717, 1.165) is 19.2 Å². The van der Waals surface area contributed by atoms with E-state index < -0.39 is 38.9 Å². The van der Waals surface area contributed by atoms with Crippen molar-refractivity contribution >= 4 is 22.0 Å². The molecule has 1 heterocycles. The van der Waals surface area contributed by atoms with Gasteiger partial charge in [-0.25, -0.2) is 13.2 Å². The van der Waals surface area contributed by atoms with Crippen molar-refractivity contribution < 1.29 is 32.3 Å². The lowest BCUT2D eigenvalue weighted by atomic mass is 10.1. The molecule has 1 aromatic rings. The van der Waals surface area contributed by atoms with Crippen LogP contribution in [0.2, 0.25) is 0 Å². The van der Waals surface area contributed by atoms with Gasteiger partial charge in [0.2, 0.25) is 10.9 Å². The molecule has 0 saturated carbocycles. The smallest absolute Gasteiger partial charge is 0.371 e. The molecule has 8 nitrogen and oxygen atoms in total. The molecule has 0 unspecified atom stereocenters. The Bertz CT molecular complexity index is 602. The predicted molar refractivity (Wildman–Crippen MR) is 66.6 cm³/mol. The lowest BCUT2D eigenvalue weighted by Crippen LogP contribution is -2.44. The first-order valence-electron chi connectivity index (χ1n) is 5.62. The maximum Gasteiger partial charge on any atom is 0.371 e. The quantitative estimate of drug-likeness (QED) is 0.731. The number of ether oxygens (including phenoxy) is 1. The Morgan fingerprint density at radius 1 is 1.35 bits per heavy atom. The van der Waals surface area contributed by atoms with E-state index in [4.69, 9.17) is 9.52 Å². The first-order chi connectivity index (χ1) is 9.19. The summed E-state index contributed by atoms with van der Waals surface area (Å²) in [6.07, 6.45) is 0. The molecule has 1 atom stereocenters. The highest BCUT2D eigenvalue weighted by molar-refractivity contribution is 7.89. The summed E-state index contributed by atoms with van der Waals surface area (Å²) in [6, 6.07) is 0.920. The summed E-state index contributed by atoms with van der Waals surface area (Å²) in [5.74, 6) is -3.00. The fourth-order valence-corrected chi connectivity index (χ4v) is 2.65. The molecule has 9 heteroatoms. The van der Waals surface area contributed by atoms with E-state index in [1.807, 2.05) is 0 Å². The zero-order valence-electron chi connectivity index (χ0n) is 11.1. The zero-order valence-corrected chi connectivity index (χ0v) is 11.9. The minimum Gasteiger partial charge on any atom is -0.475 e. The molecule has 0 bridgehead atoms. The van der Waals surface area contributed by atoms with Crippen molar-refractivity contribution in [2.75, 3.05) is 7.11 Å². The highest BCUT2D eigenvalue weighted by Crippen LogP contribution is 2.16. The van der Waals surface area contributed by atoms with Gasteiger partial charge in [0.15, 0.2) is 0 Å². The maximum atomic E-state index is 12.0. The molecule has 0 aliphatic rings. The third-order valence-corrected chi connectivity index (χ3v) is 3.77. The Morgan fingerprint density at radius 2 is 1.95 bits per heavy atom. The topological polar surface area (TPSA) is 123 Å². The first kappa shape index (κ1) is 16.2. The van der Waals surface area contributed by atoms with E-state index in [2.05, 4.69) is 9.46 Å². The summed E-state index contributed by atoms with van der Waals surface area (Å²) < 4.78 is 35.3. The van der Waals surface area contributed by atoms with Gasteiger partial charge in [0.1, 0.15) is 6.04 Å². The minimum absolute atomic E-state index is 0.355. The summed E-state index contributed by atoms with van der Waals surface area (Å²) in [5, 5.41) is 8.10. The van der Waals surface area contributed by atoms with Crippen LogP contribution in [0, 0.1) is 5.92 Å². The number of esters is 1.